The van der Waals surface area contributed by atoms with Crippen molar-refractivity contribution in [3.05, 3.63) is 0 Å². The Balaban J connectivity index is 1.69. The third-order valence-corrected chi connectivity index (χ3v) is 6.47. The molecule has 2 fully saturated rings. The van der Waals surface area contributed by atoms with Gasteiger partial charge in [-0.15, -0.1) is 0 Å². The molecule has 1 saturated heterocycles. The first-order valence-electron chi connectivity index (χ1n) is 6.30. The molecule has 1 aliphatic heterocycles. The number of rotatable bonds is 7. The molecule has 0 radical (unpaired) electrons. The van der Waals surface area contributed by atoms with Crippen LogP contribution in [0.2, 0.25) is 0 Å². The molecule has 2 N–H and O–H groups in total. The molecule has 0 aromatic rings. The molecule has 106 valence electrons. The maximum atomic E-state index is 11.7. The van der Waals surface area contributed by atoms with E-state index in [-0.39, 0.29) is 17.3 Å². The van der Waals surface area contributed by atoms with Gasteiger partial charge in [-0.25, -0.2) is 21.6 Å². The van der Waals surface area contributed by atoms with Gasteiger partial charge in [0.25, 0.3) is 0 Å². The first-order valence-corrected chi connectivity index (χ1v) is 9.77. The Kier molecular flexibility index (Phi) is 4.30. The van der Waals surface area contributed by atoms with Crippen molar-refractivity contribution in [3.63, 3.8) is 0 Å². The minimum atomic E-state index is -3.35. The summed E-state index contributed by atoms with van der Waals surface area (Å²) in [4.78, 5) is 0. The van der Waals surface area contributed by atoms with Crippen molar-refractivity contribution < 1.29 is 16.8 Å². The highest BCUT2D eigenvalue weighted by molar-refractivity contribution is 7.92. The minimum absolute atomic E-state index is 0.0588. The third kappa shape index (κ3) is 4.83. The van der Waals surface area contributed by atoms with Crippen LogP contribution in [-0.4, -0.2) is 52.7 Å². The van der Waals surface area contributed by atoms with E-state index in [0.717, 1.165) is 0 Å². The van der Waals surface area contributed by atoms with E-state index in [4.69, 9.17) is 0 Å². The molecule has 1 unspecified atom stereocenters. The Morgan fingerprint density at radius 2 is 1.83 bits per heavy atom. The number of hydrogen-bond donors (Lipinski definition) is 2. The highest BCUT2D eigenvalue weighted by atomic mass is 32.2. The maximum absolute atomic E-state index is 11.7. The lowest BCUT2D eigenvalue weighted by molar-refractivity contribution is 0.557. The van der Waals surface area contributed by atoms with E-state index in [9.17, 15) is 16.8 Å². The molecule has 2 aliphatic rings. The van der Waals surface area contributed by atoms with Crippen LogP contribution in [0.1, 0.15) is 25.7 Å². The lowest BCUT2D eigenvalue weighted by atomic mass is 10.3. The van der Waals surface area contributed by atoms with E-state index in [1.54, 1.807) is 0 Å². The van der Waals surface area contributed by atoms with Gasteiger partial charge in [-0.05, 0) is 32.2 Å². The van der Waals surface area contributed by atoms with E-state index in [0.29, 0.717) is 25.4 Å². The van der Waals surface area contributed by atoms with Crippen LogP contribution in [0.3, 0.4) is 0 Å². The van der Waals surface area contributed by atoms with E-state index in [1.165, 1.54) is 12.8 Å². The predicted molar refractivity (Wildman–Crippen MR) is 69.6 cm³/mol. The zero-order valence-corrected chi connectivity index (χ0v) is 11.9. The fourth-order valence-electron chi connectivity index (χ4n) is 2.06. The van der Waals surface area contributed by atoms with Crippen LogP contribution < -0.4 is 10.0 Å². The highest BCUT2D eigenvalue weighted by Crippen LogP contribution is 2.18. The summed E-state index contributed by atoms with van der Waals surface area (Å²) >= 11 is 0. The summed E-state index contributed by atoms with van der Waals surface area (Å²) in [6.07, 6.45) is 3.32. The lowest BCUT2D eigenvalue weighted by Gasteiger charge is -2.11. The molecule has 0 spiro atoms. The van der Waals surface area contributed by atoms with Crippen LogP contribution in [0.15, 0.2) is 0 Å². The number of sulfonamides is 1. The fraction of sp³-hybridized carbons (Fsp3) is 1.00. The smallest absolute Gasteiger partial charge is 0.211 e. The summed E-state index contributed by atoms with van der Waals surface area (Å²) in [5.41, 5.74) is 0. The van der Waals surface area contributed by atoms with Gasteiger partial charge in [-0.3, -0.25) is 0 Å². The largest absolute Gasteiger partial charge is 0.314 e. The molecule has 0 aromatic carbocycles. The van der Waals surface area contributed by atoms with Gasteiger partial charge < -0.3 is 5.32 Å². The lowest BCUT2D eigenvalue weighted by Crippen LogP contribution is -2.37. The molecule has 18 heavy (non-hydrogen) atoms. The third-order valence-electron chi connectivity index (χ3n) is 3.18. The van der Waals surface area contributed by atoms with Crippen molar-refractivity contribution >= 4 is 19.9 Å². The number of nitrogens with one attached hydrogen (secondary N) is 2. The summed E-state index contributed by atoms with van der Waals surface area (Å²) in [5.74, 6) is 0.0826. The molecule has 8 heteroatoms. The molecular weight excluding hydrogens is 276 g/mol. The van der Waals surface area contributed by atoms with Gasteiger partial charge in [-0.2, -0.15) is 0 Å². The minimum Gasteiger partial charge on any atom is -0.314 e. The normalized spacial score (nSPS) is 27.4. The molecule has 2 rings (SSSR count). The number of hydrogen-bond acceptors (Lipinski definition) is 5. The number of sulfone groups is 1. The van der Waals surface area contributed by atoms with Crippen molar-refractivity contribution in [2.45, 2.75) is 37.8 Å². The van der Waals surface area contributed by atoms with Crippen molar-refractivity contribution in [2.75, 3.05) is 23.8 Å². The molecular formula is C10H20N2O4S2. The molecule has 0 amide bonds. The molecule has 1 saturated carbocycles. The van der Waals surface area contributed by atoms with Gasteiger partial charge in [0, 0.05) is 12.1 Å². The predicted octanol–water partition coefficient (Wildman–Crippen LogP) is -0.765. The van der Waals surface area contributed by atoms with E-state index < -0.39 is 25.9 Å². The van der Waals surface area contributed by atoms with Crippen molar-refractivity contribution in [2.24, 2.45) is 0 Å². The second kappa shape index (κ2) is 5.44. The Morgan fingerprint density at radius 1 is 1.11 bits per heavy atom. The molecule has 0 aromatic heterocycles. The van der Waals surface area contributed by atoms with Crippen LogP contribution in [-0.2, 0) is 19.9 Å². The zero-order valence-electron chi connectivity index (χ0n) is 10.3. The van der Waals surface area contributed by atoms with E-state index >= 15 is 0 Å². The zero-order chi connectivity index (χ0) is 13.2. The summed E-state index contributed by atoms with van der Waals surface area (Å²) < 4.78 is 48.4. The highest BCUT2D eigenvalue weighted by Gasteiger charge is 2.30. The van der Waals surface area contributed by atoms with E-state index in [1.807, 2.05) is 0 Å². The van der Waals surface area contributed by atoms with Crippen molar-refractivity contribution in [3.8, 4) is 0 Å². The Morgan fingerprint density at radius 3 is 2.39 bits per heavy atom. The first-order chi connectivity index (χ1) is 8.36. The Bertz CT molecular complexity index is 482. The second-order valence-corrected chi connectivity index (χ2v) is 9.22. The molecule has 6 nitrogen and oxygen atoms in total. The Labute approximate surface area is 108 Å². The average molecular weight is 296 g/mol. The summed E-state index contributed by atoms with van der Waals surface area (Å²) in [5, 5.41) is 3.25. The maximum Gasteiger partial charge on any atom is 0.211 e. The summed E-state index contributed by atoms with van der Waals surface area (Å²) in [6.45, 7) is 0.703. The second-order valence-electron chi connectivity index (χ2n) is 5.12. The van der Waals surface area contributed by atoms with Crippen molar-refractivity contribution in [1.82, 2.24) is 10.0 Å². The van der Waals surface area contributed by atoms with Crippen LogP contribution in [0, 0.1) is 0 Å². The van der Waals surface area contributed by atoms with Gasteiger partial charge in [0.2, 0.25) is 10.0 Å². The SMILES string of the molecule is O=S1(=O)CCC(NS(=O)(=O)CCCNC2CC2)C1. The van der Waals surface area contributed by atoms with Crippen LogP contribution >= 0.6 is 0 Å². The Hall–Kier alpha value is -0.180. The molecule has 1 aliphatic carbocycles. The standard InChI is InChI=1S/C10H20N2O4S2/c13-17(14)7-4-10(8-17)12-18(15,16)6-1-5-11-9-2-3-9/h9-12H,1-8H2. The molecule has 1 atom stereocenters. The monoisotopic (exact) mass is 296 g/mol. The quantitative estimate of drug-likeness (QED) is 0.602. The van der Waals surface area contributed by atoms with Gasteiger partial charge in [0.05, 0.1) is 17.3 Å². The van der Waals surface area contributed by atoms with Crippen LogP contribution in [0.4, 0.5) is 0 Å². The summed E-state index contributed by atoms with van der Waals surface area (Å²) in [6, 6.07) is 0.150. The van der Waals surface area contributed by atoms with Gasteiger partial charge in [0.1, 0.15) is 0 Å². The van der Waals surface area contributed by atoms with Gasteiger partial charge in [-0.1, -0.05) is 0 Å². The molecule has 0 bridgehead atoms. The van der Waals surface area contributed by atoms with Crippen LogP contribution in [0.25, 0.3) is 0 Å². The van der Waals surface area contributed by atoms with Crippen LogP contribution in [0.5, 0.6) is 0 Å². The first kappa shape index (κ1) is 14.2. The topological polar surface area (TPSA) is 92.3 Å². The average Bonchev–Trinajstić information content (AvgIpc) is 2.99. The fourth-order valence-corrected chi connectivity index (χ4v) is 5.19. The van der Waals surface area contributed by atoms with Gasteiger partial charge >= 0.3 is 0 Å². The van der Waals surface area contributed by atoms with Gasteiger partial charge in [0.15, 0.2) is 9.84 Å². The van der Waals surface area contributed by atoms with Crippen molar-refractivity contribution in [1.29, 1.82) is 0 Å². The summed E-state index contributed by atoms with van der Waals surface area (Å²) in [7, 11) is -6.38. The molecule has 1 heterocycles. The van der Waals surface area contributed by atoms with E-state index in [2.05, 4.69) is 10.0 Å².